The normalized spacial score (nSPS) is 10.7. The smallest absolute Gasteiger partial charge is 0.126 e. The van der Waals surface area contributed by atoms with Crippen molar-refractivity contribution in [1.82, 2.24) is 4.98 Å². The molecule has 0 spiro atoms. The fraction of sp³-hybridized carbons (Fsp3) is 0.0476. The van der Waals surface area contributed by atoms with Gasteiger partial charge < -0.3 is 10.1 Å². The summed E-state index contributed by atoms with van der Waals surface area (Å²) >= 11 is 12.3. The number of fused-ring (bicyclic) bond motifs is 3. The lowest BCUT2D eigenvalue weighted by atomic mass is 10.0. The monoisotopic (exact) mass is 393 g/mol. The van der Waals surface area contributed by atoms with Crippen LogP contribution in [0, 0.1) is 11.3 Å². The van der Waals surface area contributed by atoms with Crippen molar-refractivity contribution in [2.45, 2.75) is 0 Å². The van der Waals surface area contributed by atoms with Gasteiger partial charge in [-0.15, -0.1) is 0 Å². The predicted molar refractivity (Wildman–Crippen MR) is 110 cm³/mol. The lowest BCUT2D eigenvalue weighted by molar-refractivity contribution is 0.420. The lowest BCUT2D eigenvalue weighted by Crippen LogP contribution is -1.98. The Morgan fingerprint density at radius 1 is 1.04 bits per heavy atom. The number of nitrogens with one attached hydrogen (secondary N) is 1. The fourth-order valence-electron chi connectivity index (χ4n) is 3.12. The summed E-state index contributed by atoms with van der Waals surface area (Å²) in [4.78, 5) is 4.52. The minimum Gasteiger partial charge on any atom is -0.496 e. The van der Waals surface area contributed by atoms with Crippen molar-refractivity contribution in [2.75, 3.05) is 12.4 Å². The molecule has 0 aliphatic rings. The third kappa shape index (κ3) is 3.02. The first-order valence-corrected chi connectivity index (χ1v) is 8.88. The minimum absolute atomic E-state index is 0.427. The Labute approximate surface area is 165 Å². The van der Waals surface area contributed by atoms with Crippen LogP contribution in [0.5, 0.6) is 5.75 Å². The molecule has 0 amide bonds. The van der Waals surface area contributed by atoms with Crippen molar-refractivity contribution in [3.05, 3.63) is 70.3 Å². The average molecular weight is 394 g/mol. The van der Waals surface area contributed by atoms with Crippen molar-refractivity contribution in [2.24, 2.45) is 0 Å². The molecule has 0 saturated carbocycles. The van der Waals surface area contributed by atoms with Crippen LogP contribution in [0.4, 0.5) is 11.4 Å². The van der Waals surface area contributed by atoms with Crippen molar-refractivity contribution >= 4 is 56.3 Å². The Balaban J connectivity index is 1.98. The first-order chi connectivity index (χ1) is 13.1. The molecule has 0 radical (unpaired) electrons. The Morgan fingerprint density at radius 3 is 2.59 bits per heavy atom. The van der Waals surface area contributed by atoms with Crippen LogP contribution in [0.2, 0.25) is 10.0 Å². The number of benzene rings is 3. The zero-order chi connectivity index (χ0) is 19.0. The van der Waals surface area contributed by atoms with Gasteiger partial charge in [-0.2, -0.15) is 5.26 Å². The standard InChI is InChI=1S/C21H13Cl2N3O/c1-27-19-4-2-3-15-14(19)6-7-16-20(12(10-24)11-25-21(15)16)26-18-8-5-13(22)9-17(18)23/h2-9,11H,1H3,(H,25,26). The zero-order valence-corrected chi connectivity index (χ0v) is 15.8. The lowest BCUT2D eigenvalue weighted by Gasteiger charge is -2.14. The quantitative estimate of drug-likeness (QED) is 0.413. The van der Waals surface area contributed by atoms with Gasteiger partial charge in [-0.05, 0) is 36.4 Å². The maximum Gasteiger partial charge on any atom is 0.126 e. The van der Waals surface area contributed by atoms with Crippen LogP contribution in [-0.4, -0.2) is 12.1 Å². The topological polar surface area (TPSA) is 57.9 Å². The molecule has 132 valence electrons. The number of hydrogen-bond acceptors (Lipinski definition) is 4. The van der Waals surface area contributed by atoms with E-state index in [4.69, 9.17) is 27.9 Å². The summed E-state index contributed by atoms with van der Waals surface area (Å²) in [5.74, 6) is 0.774. The van der Waals surface area contributed by atoms with E-state index in [9.17, 15) is 5.26 Å². The van der Waals surface area contributed by atoms with Gasteiger partial charge in [-0.1, -0.05) is 35.3 Å². The third-order valence-electron chi connectivity index (χ3n) is 4.39. The van der Waals surface area contributed by atoms with Crippen LogP contribution in [0.3, 0.4) is 0 Å². The number of rotatable bonds is 3. The van der Waals surface area contributed by atoms with E-state index in [0.717, 1.165) is 27.4 Å². The van der Waals surface area contributed by atoms with Gasteiger partial charge in [0.1, 0.15) is 11.8 Å². The number of anilines is 2. The molecule has 0 saturated heterocycles. The molecule has 0 aliphatic carbocycles. The molecule has 3 aromatic carbocycles. The molecular formula is C21H13Cl2N3O. The molecule has 0 bridgehead atoms. The van der Waals surface area contributed by atoms with Gasteiger partial charge in [-0.3, -0.25) is 4.98 Å². The molecule has 27 heavy (non-hydrogen) atoms. The largest absolute Gasteiger partial charge is 0.496 e. The molecule has 1 aromatic heterocycles. The zero-order valence-electron chi connectivity index (χ0n) is 14.3. The second kappa shape index (κ2) is 6.96. The van der Waals surface area contributed by atoms with Crippen LogP contribution in [0.1, 0.15) is 5.56 Å². The van der Waals surface area contributed by atoms with E-state index in [1.807, 2.05) is 30.3 Å². The Hall–Kier alpha value is -3.00. The van der Waals surface area contributed by atoms with Crippen molar-refractivity contribution in [3.8, 4) is 11.8 Å². The van der Waals surface area contributed by atoms with Crippen LogP contribution < -0.4 is 10.1 Å². The maximum absolute atomic E-state index is 9.56. The van der Waals surface area contributed by atoms with E-state index < -0.39 is 0 Å². The van der Waals surface area contributed by atoms with Crippen LogP contribution in [-0.2, 0) is 0 Å². The molecule has 1 heterocycles. The summed E-state index contributed by atoms with van der Waals surface area (Å²) in [6.07, 6.45) is 1.56. The molecule has 0 unspecified atom stereocenters. The average Bonchev–Trinajstić information content (AvgIpc) is 2.69. The first-order valence-electron chi connectivity index (χ1n) is 8.13. The molecule has 4 nitrogen and oxygen atoms in total. The van der Waals surface area contributed by atoms with E-state index >= 15 is 0 Å². The van der Waals surface area contributed by atoms with E-state index in [2.05, 4.69) is 16.4 Å². The highest BCUT2D eigenvalue weighted by Crippen LogP contribution is 2.37. The number of hydrogen-bond donors (Lipinski definition) is 1. The first kappa shape index (κ1) is 17.4. The van der Waals surface area contributed by atoms with E-state index in [0.29, 0.717) is 27.0 Å². The van der Waals surface area contributed by atoms with Gasteiger partial charge >= 0.3 is 0 Å². The molecular weight excluding hydrogens is 381 g/mol. The Bertz CT molecular complexity index is 1230. The van der Waals surface area contributed by atoms with Crippen molar-refractivity contribution < 1.29 is 4.74 Å². The maximum atomic E-state index is 9.56. The number of methoxy groups -OCH3 is 1. The Morgan fingerprint density at radius 2 is 1.85 bits per heavy atom. The van der Waals surface area contributed by atoms with E-state index in [1.54, 1.807) is 31.5 Å². The second-order valence-electron chi connectivity index (χ2n) is 5.92. The highest BCUT2D eigenvalue weighted by Gasteiger charge is 2.14. The van der Waals surface area contributed by atoms with E-state index in [-0.39, 0.29) is 0 Å². The molecule has 6 heteroatoms. The number of ether oxygens (including phenoxy) is 1. The summed E-state index contributed by atoms with van der Waals surface area (Å²) in [5, 5.41) is 16.6. The molecule has 0 fully saturated rings. The Kier molecular flexibility index (Phi) is 4.49. The summed E-state index contributed by atoms with van der Waals surface area (Å²) in [6.45, 7) is 0. The van der Waals surface area contributed by atoms with Gasteiger partial charge in [0.2, 0.25) is 0 Å². The molecule has 4 aromatic rings. The van der Waals surface area contributed by atoms with Crippen LogP contribution in [0.25, 0.3) is 21.7 Å². The predicted octanol–water partition coefficient (Wildman–Crippen LogP) is 6.32. The summed E-state index contributed by atoms with van der Waals surface area (Å²) in [5.41, 5.74) is 2.51. The third-order valence-corrected chi connectivity index (χ3v) is 4.93. The van der Waals surface area contributed by atoms with Crippen molar-refractivity contribution in [1.29, 1.82) is 5.26 Å². The number of halogens is 2. The molecule has 0 atom stereocenters. The van der Waals surface area contributed by atoms with Gasteiger partial charge in [0.25, 0.3) is 0 Å². The van der Waals surface area contributed by atoms with Gasteiger partial charge in [0.05, 0.1) is 34.6 Å². The summed E-state index contributed by atoms with van der Waals surface area (Å²) < 4.78 is 5.45. The fourth-order valence-corrected chi connectivity index (χ4v) is 3.57. The number of aromatic nitrogens is 1. The summed E-state index contributed by atoms with van der Waals surface area (Å²) in [7, 11) is 1.64. The summed E-state index contributed by atoms with van der Waals surface area (Å²) in [6, 6.07) is 17.1. The number of nitrogens with zero attached hydrogens (tertiary/aromatic N) is 2. The van der Waals surface area contributed by atoms with Crippen LogP contribution >= 0.6 is 23.2 Å². The van der Waals surface area contributed by atoms with Crippen LogP contribution in [0.15, 0.2) is 54.7 Å². The SMILES string of the molecule is COc1cccc2c1ccc1c(Nc3ccc(Cl)cc3Cl)c(C#N)cnc12. The van der Waals surface area contributed by atoms with E-state index in [1.165, 1.54) is 0 Å². The highest BCUT2D eigenvalue weighted by molar-refractivity contribution is 6.36. The number of nitriles is 1. The van der Waals surface area contributed by atoms with Gasteiger partial charge in [0.15, 0.2) is 0 Å². The van der Waals surface area contributed by atoms with Gasteiger partial charge in [0, 0.05) is 27.4 Å². The second-order valence-corrected chi connectivity index (χ2v) is 6.77. The van der Waals surface area contributed by atoms with Crippen molar-refractivity contribution in [3.63, 3.8) is 0 Å². The molecule has 1 N–H and O–H groups in total. The minimum atomic E-state index is 0.427. The highest BCUT2D eigenvalue weighted by atomic mass is 35.5. The van der Waals surface area contributed by atoms with Gasteiger partial charge in [-0.25, -0.2) is 0 Å². The molecule has 0 aliphatic heterocycles. The molecule has 4 rings (SSSR count). The number of pyridine rings is 1.